The summed E-state index contributed by atoms with van der Waals surface area (Å²) in [4.78, 5) is 14.7. The van der Waals surface area contributed by atoms with Crippen LogP contribution in [0.25, 0.3) is 0 Å². The lowest BCUT2D eigenvalue weighted by Gasteiger charge is -2.23. The molecular formula is C25H51NO. The van der Waals surface area contributed by atoms with Crippen LogP contribution in [0, 0.1) is 0 Å². The lowest BCUT2D eigenvalue weighted by molar-refractivity contribution is -0.131. The number of amides is 1. The number of carbonyl (C=O) groups excluding carboxylic acids is 1. The molecule has 0 atom stereocenters. The van der Waals surface area contributed by atoms with Crippen molar-refractivity contribution in [3.63, 3.8) is 0 Å². The molecule has 0 aliphatic carbocycles. The zero-order valence-electron chi connectivity index (χ0n) is 19.2. The highest BCUT2D eigenvalue weighted by atomic mass is 16.2. The average molecular weight is 382 g/mol. The quantitative estimate of drug-likeness (QED) is 0.183. The molecule has 0 spiro atoms. The SMILES string of the molecule is CCCCCCCCCCN(CCCCCCCCCC)C(=O)CCCC. The smallest absolute Gasteiger partial charge is 0.222 e. The van der Waals surface area contributed by atoms with Crippen LogP contribution in [-0.4, -0.2) is 23.9 Å². The molecule has 162 valence electrons. The van der Waals surface area contributed by atoms with E-state index >= 15 is 0 Å². The van der Waals surface area contributed by atoms with E-state index in [1.54, 1.807) is 0 Å². The molecule has 0 aromatic heterocycles. The number of hydrogen-bond donors (Lipinski definition) is 0. The van der Waals surface area contributed by atoms with Gasteiger partial charge in [0.2, 0.25) is 5.91 Å². The van der Waals surface area contributed by atoms with E-state index in [2.05, 4.69) is 25.7 Å². The number of rotatable bonds is 21. The Kier molecular flexibility index (Phi) is 21.3. The maximum absolute atomic E-state index is 12.5. The molecule has 0 fully saturated rings. The molecule has 2 heteroatoms. The largest absolute Gasteiger partial charge is 0.343 e. The van der Waals surface area contributed by atoms with Crippen LogP contribution in [0.3, 0.4) is 0 Å². The lowest BCUT2D eigenvalue weighted by Crippen LogP contribution is -2.32. The van der Waals surface area contributed by atoms with Crippen LogP contribution in [0.5, 0.6) is 0 Å². The van der Waals surface area contributed by atoms with Crippen LogP contribution in [0.1, 0.15) is 143 Å². The molecule has 0 aliphatic rings. The van der Waals surface area contributed by atoms with Gasteiger partial charge in [-0.1, -0.05) is 117 Å². The number of nitrogens with zero attached hydrogens (tertiary/aromatic N) is 1. The van der Waals surface area contributed by atoms with Crippen molar-refractivity contribution in [1.29, 1.82) is 0 Å². The van der Waals surface area contributed by atoms with Gasteiger partial charge < -0.3 is 4.90 Å². The van der Waals surface area contributed by atoms with Gasteiger partial charge in [-0.15, -0.1) is 0 Å². The van der Waals surface area contributed by atoms with Gasteiger partial charge in [0.05, 0.1) is 0 Å². The van der Waals surface area contributed by atoms with E-state index in [0.29, 0.717) is 5.91 Å². The maximum Gasteiger partial charge on any atom is 0.222 e. The van der Waals surface area contributed by atoms with Crippen LogP contribution in [0.15, 0.2) is 0 Å². The fourth-order valence-corrected chi connectivity index (χ4v) is 3.72. The van der Waals surface area contributed by atoms with Gasteiger partial charge in [-0.3, -0.25) is 4.79 Å². The van der Waals surface area contributed by atoms with Crippen molar-refractivity contribution in [2.75, 3.05) is 13.1 Å². The van der Waals surface area contributed by atoms with Gasteiger partial charge in [0.1, 0.15) is 0 Å². The van der Waals surface area contributed by atoms with Crippen molar-refractivity contribution in [3.8, 4) is 0 Å². The minimum absolute atomic E-state index is 0.405. The minimum Gasteiger partial charge on any atom is -0.343 e. The Balaban J connectivity index is 3.85. The van der Waals surface area contributed by atoms with Crippen molar-refractivity contribution in [1.82, 2.24) is 4.90 Å². The predicted molar refractivity (Wildman–Crippen MR) is 121 cm³/mol. The van der Waals surface area contributed by atoms with Crippen molar-refractivity contribution < 1.29 is 4.79 Å². The Labute approximate surface area is 171 Å². The second-order valence-electron chi connectivity index (χ2n) is 8.43. The summed E-state index contributed by atoms with van der Waals surface area (Å²) in [6.45, 7) is 8.71. The van der Waals surface area contributed by atoms with Crippen molar-refractivity contribution >= 4 is 5.91 Å². The van der Waals surface area contributed by atoms with E-state index in [-0.39, 0.29) is 0 Å². The van der Waals surface area contributed by atoms with E-state index in [0.717, 1.165) is 32.4 Å². The summed E-state index contributed by atoms with van der Waals surface area (Å²) in [6.07, 6.45) is 24.4. The first-order chi connectivity index (χ1) is 13.3. The zero-order chi connectivity index (χ0) is 20.0. The minimum atomic E-state index is 0.405. The van der Waals surface area contributed by atoms with Crippen LogP contribution in [0.2, 0.25) is 0 Å². The van der Waals surface area contributed by atoms with Gasteiger partial charge in [-0.25, -0.2) is 0 Å². The lowest BCUT2D eigenvalue weighted by atomic mass is 10.1. The molecule has 1 amide bonds. The highest BCUT2D eigenvalue weighted by molar-refractivity contribution is 5.76. The number of unbranched alkanes of at least 4 members (excludes halogenated alkanes) is 15. The fraction of sp³-hybridized carbons (Fsp3) is 0.960. The summed E-state index contributed by atoms with van der Waals surface area (Å²) in [6, 6.07) is 0. The normalized spacial score (nSPS) is 11.1. The molecule has 2 nitrogen and oxygen atoms in total. The van der Waals surface area contributed by atoms with E-state index < -0.39 is 0 Å². The van der Waals surface area contributed by atoms with Gasteiger partial charge >= 0.3 is 0 Å². The average Bonchev–Trinajstić information content (AvgIpc) is 2.68. The first kappa shape index (κ1) is 26.5. The molecule has 0 rings (SSSR count). The summed E-state index contributed by atoms with van der Waals surface area (Å²) in [5.41, 5.74) is 0. The Morgan fingerprint density at radius 1 is 0.481 bits per heavy atom. The van der Waals surface area contributed by atoms with Crippen LogP contribution >= 0.6 is 0 Å². The first-order valence-electron chi connectivity index (χ1n) is 12.5. The Hall–Kier alpha value is -0.530. The summed E-state index contributed by atoms with van der Waals surface area (Å²) in [7, 11) is 0. The van der Waals surface area contributed by atoms with Gasteiger partial charge in [-0.05, 0) is 19.3 Å². The van der Waals surface area contributed by atoms with E-state index in [1.165, 1.54) is 103 Å². The molecule has 0 bridgehead atoms. The van der Waals surface area contributed by atoms with Gasteiger partial charge in [0, 0.05) is 19.5 Å². The monoisotopic (exact) mass is 381 g/mol. The van der Waals surface area contributed by atoms with Crippen molar-refractivity contribution in [2.24, 2.45) is 0 Å². The molecule has 0 radical (unpaired) electrons. The summed E-state index contributed by atoms with van der Waals surface area (Å²) >= 11 is 0. The Bertz CT molecular complexity index is 283. The summed E-state index contributed by atoms with van der Waals surface area (Å²) < 4.78 is 0. The molecule has 0 aromatic carbocycles. The van der Waals surface area contributed by atoms with Gasteiger partial charge in [-0.2, -0.15) is 0 Å². The number of hydrogen-bond acceptors (Lipinski definition) is 1. The first-order valence-corrected chi connectivity index (χ1v) is 12.5. The van der Waals surface area contributed by atoms with E-state index in [9.17, 15) is 4.79 Å². The highest BCUT2D eigenvalue weighted by Gasteiger charge is 2.12. The van der Waals surface area contributed by atoms with Gasteiger partial charge in [0.15, 0.2) is 0 Å². The molecule has 0 unspecified atom stereocenters. The van der Waals surface area contributed by atoms with Crippen molar-refractivity contribution in [3.05, 3.63) is 0 Å². The van der Waals surface area contributed by atoms with E-state index in [4.69, 9.17) is 0 Å². The number of carbonyl (C=O) groups is 1. The zero-order valence-corrected chi connectivity index (χ0v) is 19.2. The highest BCUT2D eigenvalue weighted by Crippen LogP contribution is 2.12. The topological polar surface area (TPSA) is 20.3 Å². The maximum atomic E-state index is 12.5. The third kappa shape index (κ3) is 18.6. The molecule has 0 heterocycles. The van der Waals surface area contributed by atoms with Crippen LogP contribution in [0.4, 0.5) is 0 Å². The molecule has 0 aliphatic heterocycles. The van der Waals surface area contributed by atoms with Crippen molar-refractivity contribution in [2.45, 2.75) is 143 Å². The molecule has 0 saturated carbocycles. The van der Waals surface area contributed by atoms with Crippen LogP contribution < -0.4 is 0 Å². The second kappa shape index (κ2) is 21.8. The molecular weight excluding hydrogens is 330 g/mol. The molecule has 27 heavy (non-hydrogen) atoms. The molecule has 0 N–H and O–H groups in total. The molecule has 0 saturated heterocycles. The third-order valence-electron chi connectivity index (χ3n) is 5.66. The standard InChI is InChI=1S/C25H51NO/c1-4-7-10-12-14-16-18-20-23-26(25(27)22-9-6-3)24-21-19-17-15-13-11-8-5-2/h4-24H2,1-3H3. The second-order valence-corrected chi connectivity index (χ2v) is 8.43. The summed E-state index contributed by atoms with van der Waals surface area (Å²) in [5.74, 6) is 0.405. The van der Waals surface area contributed by atoms with E-state index in [1.807, 2.05) is 0 Å². The Morgan fingerprint density at radius 3 is 1.19 bits per heavy atom. The van der Waals surface area contributed by atoms with Gasteiger partial charge in [0.25, 0.3) is 0 Å². The molecule has 0 aromatic rings. The Morgan fingerprint density at radius 2 is 0.815 bits per heavy atom. The van der Waals surface area contributed by atoms with Crippen LogP contribution in [-0.2, 0) is 4.79 Å². The fourth-order valence-electron chi connectivity index (χ4n) is 3.72. The predicted octanol–water partition coefficient (Wildman–Crippen LogP) is 8.29. The third-order valence-corrected chi connectivity index (χ3v) is 5.66. The summed E-state index contributed by atoms with van der Waals surface area (Å²) in [5, 5.41) is 0.